The Labute approximate surface area is 94.0 Å². The fourth-order valence-electron chi connectivity index (χ4n) is 0.164. The molecule has 12 heavy (non-hydrogen) atoms. The van der Waals surface area contributed by atoms with Gasteiger partial charge in [0.2, 0.25) is 10.0 Å². The van der Waals surface area contributed by atoms with Gasteiger partial charge in [-0.15, -0.1) is 6.58 Å². The van der Waals surface area contributed by atoms with Crippen LogP contribution in [0.2, 0.25) is 0 Å². The number of hydrogen-bond acceptors (Lipinski definition) is 4. The zero-order chi connectivity index (χ0) is 9.49. The van der Waals surface area contributed by atoms with Gasteiger partial charge in [0.1, 0.15) is 0 Å². The van der Waals surface area contributed by atoms with E-state index >= 15 is 0 Å². The maximum Gasteiger partial charge on any atom is 1.00 e. The standard InChI is InChI=1S/C3H7NO2S.C2H4O2.Na/c1-2-3-7(4,5)6;1-2(3)4;/h2H,1,3H2,(H2,4,5,6);1H3,(H,3,4);/q;;+1/p-1. The molecule has 0 spiro atoms. The van der Waals surface area contributed by atoms with Crippen LogP contribution in [0.25, 0.3) is 0 Å². The van der Waals surface area contributed by atoms with Crippen LogP contribution in [0, 0.1) is 0 Å². The van der Waals surface area contributed by atoms with Crippen LogP contribution < -0.4 is 39.8 Å². The minimum atomic E-state index is -3.29. The number of carboxylic acids is 1. The van der Waals surface area contributed by atoms with E-state index in [1.807, 2.05) is 0 Å². The van der Waals surface area contributed by atoms with Crippen molar-refractivity contribution in [3.63, 3.8) is 0 Å². The van der Waals surface area contributed by atoms with E-state index in [9.17, 15) is 8.42 Å². The molecular formula is C5H10NNaO4S. The van der Waals surface area contributed by atoms with Crippen LogP contribution in [0.3, 0.4) is 0 Å². The summed E-state index contributed by atoms with van der Waals surface area (Å²) in [4.78, 5) is 8.89. The van der Waals surface area contributed by atoms with Crippen molar-refractivity contribution >= 4 is 16.0 Å². The quantitative estimate of drug-likeness (QED) is 0.359. The molecule has 0 radical (unpaired) electrons. The number of rotatable bonds is 2. The van der Waals surface area contributed by atoms with Gasteiger partial charge in [0.25, 0.3) is 0 Å². The SMILES string of the molecule is C=CCS(N)(=O)=O.CC(=O)[O-].[Na+]. The summed E-state index contributed by atoms with van der Waals surface area (Å²) >= 11 is 0. The Hall–Kier alpha value is 0.120. The number of carboxylic acid groups (broad SMARTS) is 1. The zero-order valence-electron chi connectivity index (χ0n) is 7.11. The van der Waals surface area contributed by atoms with Gasteiger partial charge in [-0.3, -0.25) is 0 Å². The zero-order valence-corrected chi connectivity index (χ0v) is 9.93. The van der Waals surface area contributed by atoms with Gasteiger partial charge in [-0.2, -0.15) is 0 Å². The van der Waals surface area contributed by atoms with Crippen molar-refractivity contribution < 1.29 is 47.9 Å². The number of sulfonamides is 1. The van der Waals surface area contributed by atoms with Crippen LogP contribution in [0.4, 0.5) is 0 Å². The molecule has 0 aliphatic heterocycles. The molecule has 0 saturated carbocycles. The summed E-state index contributed by atoms with van der Waals surface area (Å²) in [7, 11) is -3.29. The van der Waals surface area contributed by atoms with Gasteiger partial charge in [-0.1, -0.05) is 6.08 Å². The molecule has 0 aromatic rings. The Balaban J connectivity index is -0.000000142. The molecule has 7 heteroatoms. The van der Waals surface area contributed by atoms with E-state index in [0.717, 1.165) is 6.92 Å². The molecule has 0 aliphatic rings. The molecule has 0 aliphatic carbocycles. The summed E-state index contributed by atoms with van der Waals surface area (Å²) in [5.41, 5.74) is 0. The molecule has 0 amide bonds. The van der Waals surface area contributed by atoms with Crippen LogP contribution in [0.5, 0.6) is 0 Å². The van der Waals surface area contributed by atoms with Crippen molar-refractivity contribution in [1.29, 1.82) is 0 Å². The topological polar surface area (TPSA) is 100 Å². The average Bonchev–Trinajstić information content (AvgIpc) is 1.58. The van der Waals surface area contributed by atoms with Crippen LogP contribution in [0.1, 0.15) is 6.92 Å². The second kappa shape index (κ2) is 9.21. The third-order valence-electron chi connectivity index (χ3n) is 0.350. The van der Waals surface area contributed by atoms with E-state index in [2.05, 4.69) is 11.7 Å². The molecule has 0 unspecified atom stereocenters. The number of primary sulfonamides is 1. The maximum atomic E-state index is 9.94. The van der Waals surface area contributed by atoms with Crippen LogP contribution in [-0.4, -0.2) is 20.1 Å². The van der Waals surface area contributed by atoms with Gasteiger partial charge < -0.3 is 9.90 Å². The largest absolute Gasteiger partial charge is 1.00 e. The molecule has 0 aromatic heterocycles. The van der Waals surface area contributed by atoms with E-state index in [-0.39, 0.29) is 35.3 Å². The molecule has 0 rings (SSSR count). The first-order valence-electron chi connectivity index (χ1n) is 2.58. The normalized spacial score (nSPS) is 8.50. The van der Waals surface area contributed by atoms with Crippen LogP contribution >= 0.6 is 0 Å². The Morgan fingerprint density at radius 2 is 1.92 bits per heavy atom. The third-order valence-corrected chi connectivity index (χ3v) is 1.05. The molecule has 0 bridgehead atoms. The first-order valence-corrected chi connectivity index (χ1v) is 4.30. The molecule has 5 nitrogen and oxygen atoms in total. The number of hydrogen-bond donors (Lipinski definition) is 1. The van der Waals surface area contributed by atoms with Gasteiger partial charge >= 0.3 is 29.6 Å². The van der Waals surface area contributed by atoms with Crippen molar-refractivity contribution in [3.05, 3.63) is 12.7 Å². The molecule has 66 valence electrons. The monoisotopic (exact) mass is 203 g/mol. The predicted octanol–water partition coefficient (Wildman–Crippen LogP) is -4.78. The number of nitrogens with two attached hydrogens (primary N) is 1. The van der Waals surface area contributed by atoms with Gasteiger partial charge in [0.05, 0.1) is 5.75 Å². The molecule has 2 N–H and O–H groups in total. The smallest absolute Gasteiger partial charge is 0.550 e. The predicted molar refractivity (Wildman–Crippen MR) is 38.9 cm³/mol. The number of aliphatic carboxylic acids is 1. The van der Waals surface area contributed by atoms with Crippen LogP contribution in [0.15, 0.2) is 12.7 Å². The Bertz CT molecular complexity index is 220. The second-order valence-corrected chi connectivity index (χ2v) is 3.27. The van der Waals surface area contributed by atoms with Crippen molar-refractivity contribution in [3.8, 4) is 0 Å². The van der Waals surface area contributed by atoms with Gasteiger partial charge in [0.15, 0.2) is 0 Å². The average molecular weight is 203 g/mol. The van der Waals surface area contributed by atoms with E-state index in [1.165, 1.54) is 6.08 Å². The summed E-state index contributed by atoms with van der Waals surface area (Å²) in [6, 6.07) is 0. The molecule has 0 aromatic carbocycles. The minimum absolute atomic E-state index is 0. The number of carbonyl (C=O) groups is 1. The maximum absolute atomic E-state index is 9.94. The van der Waals surface area contributed by atoms with E-state index in [4.69, 9.17) is 9.90 Å². The van der Waals surface area contributed by atoms with Crippen molar-refractivity contribution in [2.75, 3.05) is 5.75 Å². The molecular weight excluding hydrogens is 193 g/mol. The van der Waals surface area contributed by atoms with E-state index < -0.39 is 16.0 Å². The van der Waals surface area contributed by atoms with E-state index in [0.29, 0.717) is 0 Å². The van der Waals surface area contributed by atoms with E-state index in [1.54, 1.807) is 0 Å². The summed E-state index contributed by atoms with van der Waals surface area (Å²) in [6.07, 6.45) is 1.25. The van der Waals surface area contributed by atoms with Gasteiger partial charge in [-0.25, -0.2) is 13.6 Å². The third kappa shape index (κ3) is 49.6. The fourth-order valence-corrected chi connectivity index (χ4v) is 0.493. The summed E-state index contributed by atoms with van der Waals surface area (Å²) in [5, 5.41) is 13.4. The van der Waals surface area contributed by atoms with Gasteiger partial charge in [0, 0.05) is 5.97 Å². The minimum Gasteiger partial charge on any atom is -0.550 e. The van der Waals surface area contributed by atoms with Gasteiger partial charge in [-0.05, 0) is 6.92 Å². The first kappa shape index (κ1) is 18.0. The Morgan fingerprint density at radius 1 is 1.67 bits per heavy atom. The molecule has 0 atom stereocenters. The first-order chi connectivity index (χ1) is 4.79. The summed E-state index contributed by atoms with van der Waals surface area (Å²) in [6.45, 7) is 4.16. The van der Waals surface area contributed by atoms with Crippen molar-refractivity contribution in [2.24, 2.45) is 5.14 Å². The molecule has 0 heterocycles. The number of carbonyl (C=O) groups excluding carboxylic acids is 1. The summed E-state index contributed by atoms with van der Waals surface area (Å²) in [5.74, 6) is -1.23. The Kier molecular flexibility index (Phi) is 13.8. The molecule has 0 fully saturated rings. The Morgan fingerprint density at radius 3 is 1.92 bits per heavy atom. The fraction of sp³-hybridized carbons (Fsp3) is 0.400. The van der Waals surface area contributed by atoms with Crippen molar-refractivity contribution in [1.82, 2.24) is 0 Å². The van der Waals surface area contributed by atoms with Crippen LogP contribution in [-0.2, 0) is 14.8 Å². The van der Waals surface area contributed by atoms with Crippen molar-refractivity contribution in [2.45, 2.75) is 6.92 Å². The summed E-state index contributed by atoms with van der Waals surface area (Å²) < 4.78 is 19.9. The molecule has 0 saturated heterocycles. The second-order valence-electron chi connectivity index (χ2n) is 1.61.